The number of amides is 2. The smallest absolute Gasteiger partial charge is 0.416 e. The molecule has 7 N–H and O–H groups in total. The van der Waals surface area contributed by atoms with Crippen molar-refractivity contribution in [1.29, 1.82) is 0 Å². The van der Waals surface area contributed by atoms with Crippen LogP contribution in [0.25, 0.3) is 0 Å². The first-order valence-corrected chi connectivity index (χ1v) is 10.8. The van der Waals surface area contributed by atoms with Gasteiger partial charge in [0.05, 0.1) is 30.3 Å². The van der Waals surface area contributed by atoms with Crippen LogP contribution in [0.4, 0.5) is 18.9 Å². The molecule has 2 amide bonds. The molecular formula is C22H23ClF3N5O5. The highest BCUT2D eigenvalue weighted by molar-refractivity contribution is 6.31. The summed E-state index contributed by atoms with van der Waals surface area (Å²) < 4.78 is 39.6. The van der Waals surface area contributed by atoms with E-state index < -0.39 is 71.8 Å². The van der Waals surface area contributed by atoms with E-state index in [0.717, 1.165) is 6.07 Å². The topological polar surface area (TPSA) is 177 Å². The zero-order valence-electron chi connectivity index (χ0n) is 18.8. The molecule has 1 aromatic carbocycles. The summed E-state index contributed by atoms with van der Waals surface area (Å²) in [5.74, 6) is -5.56. The first-order chi connectivity index (χ1) is 16.7. The lowest BCUT2D eigenvalue weighted by atomic mass is 9.83. The molecule has 0 bridgehead atoms. The first-order valence-electron chi connectivity index (χ1n) is 10.4. The minimum atomic E-state index is -4.81. The van der Waals surface area contributed by atoms with E-state index in [4.69, 9.17) is 28.2 Å². The maximum atomic E-state index is 13.2. The van der Waals surface area contributed by atoms with E-state index in [1.54, 1.807) is 13.0 Å². The number of rotatable bonds is 9. The molecule has 3 atom stereocenters. The van der Waals surface area contributed by atoms with Crippen LogP contribution in [-0.4, -0.2) is 47.2 Å². The molecule has 2 rings (SSSR count). The molecule has 0 spiro atoms. The van der Waals surface area contributed by atoms with Gasteiger partial charge in [-0.25, -0.2) is 4.99 Å². The molecule has 3 unspecified atom stereocenters. The highest BCUT2D eigenvalue weighted by Gasteiger charge is 2.33. The van der Waals surface area contributed by atoms with Gasteiger partial charge in [-0.3, -0.25) is 19.2 Å². The van der Waals surface area contributed by atoms with E-state index in [2.05, 4.69) is 15.6 Å². The quantitative estimate of drug-likeness (QED) is 0.239. The number of nitrogens with zero attached hydrogens (tertiary/aromatic N) is 1. The van der Waals surface area contributed by atoms with Crippen LogP contribution in [0, 0.1) is 11.8 Å². The number of ketones is 1. The summed E-state index contributed by atoms with van der Waals surface area (Å²) in [6.45, 7) is 0.942. The molecule has 0 heterocycles. The van der Waals surface area contributed by atoms with Crippen LogP contribution in [0.5, 0.6) is 0 Å². The minimum absolute atomic E-state index is 0.338. The SMILES string of the molecule is CC1C=C(Cl)C=CC1C(=O)C(CC(=O)O)NC(=O)CNC(=O)c1cc(N=C(N)N)cc(C(F)(F)F)c1. The third-order valence-corrected chi connectivity index (χ3v) is 5.26. The summed E-state index contributed by atoms with van der Waals surface area (Å²) in [5.41, 5.74) is 8.36. The fraction of sp³-hybridized carbons (Fsp3) is 0.318. The Hall–Kier alpha value is -3.87. The van der Waals surface area contributed by atoms with Crippen molar-refractivity contribution in [3.8, 4) is 0 Å². The average molecular weight is 530 g/mol. The molecule has 0 fully saturated rings. The zero-order chi connectivity index (χ0) is 27.2. The van der Waals surface area contributed by atoms with Gasteiger partial charge in [-0.05, 0) is 30.2 Å². The van der Waals surface area contributed by atoms with Gasteiger partial charge in [-0.1, -0.05) is 30.7 Å². The van der Waals surface area contributed by atoms with Gasteiger partial charge in [0.1, 0.15) is 0 Å². The number of halogens is 4. The molecule has 0 saturated carbocycles. The van der Waals surface area contributed by atoms with Crippen molar-refractivity contribution in [1.82, 2.24) is 10.6 Å². The number of aliphatic carboxylic acids is 1. The zero-order valence-corrected chi connectivity index (χ0v) is 19.6. The van der Waals surface area contributed by atoms with Gasteiger partial charge >= 0.3 is 12.1 Å². The van der Waals surface area contributed by atoms with E-state index in [1.807, 2.05) is 0 Å². The Morgan fingerprint density at radius 1 is 1.19 bits per heavy atom. The molecule has 1 aromatic rings. The van der Waals surface area contributed by atoms with E-state index in [0.29, 0.717) is 17.2 Å². The second-order valence-corrected chi connectivity index (χ2v) is 8.34. The molecule has 1 aliphatic carbocycles. The normalized spacial score (nSPS) is 18.0. The molecule has 0 radical (unpaired) electrons. The summed E-state index contributed by atoms with van der Waals surface area (Å²) in [6, 6.07) is 0.741. The van der Waals surface area contributed by atoms with Crippen LogP contribution in [0.3, 0.4) is 0 Å². The largest absolute Gasteiger partial charge is 0.481 e. The van der Waals surface area contributed by atoms with Crippen molar-refractivity contribution >= 4 is 46.8 Å². The van der Waals surface area contributed by atoms with E-state index in [9.17, 15) is 32.3 Å². The van der Waals surface area contributed by atoms with E-state index in [1.165, 1.54) is 12.2 Å². The summed E-state index contributed by atoms with van der Waals surface area (Å²) >= 11 is 5.90. The molecule has 36 heavy (non-hydrogen) atoms. The lowest BCUT2D eigenvalue weighted by Crippen LogP contribution is -2.48. The third-order valence-electron chi connectivity index (χ3n) is 5.01. The molecule has 0 aliphatic heterocycles. The monoisotopic (exact) mass is 529 g/mol. The first kappa shape index (κ1) is 28.4. The van der Waals surface area contributed by atoms with Gasteiger partial charge in [0.25, 0.3) is 5.91 Å². The van der Waals surface area contributed by atoms with Crippen LogP contribution < -0.4 is 22.1 Å². The number of Topliss-reactive ketones (excluding diaryl/α,β-unsaturated/α-hetero) is 1. The minimum Gasteiger partial charge on any atom is -0.481 e. The number of allylic oxidation sites excluding steroid dienone is 4. The van der Waals surface area contributed by atoms with Gasteiger partial charge < -0.3 is 27.2 Å². The fourth-order valence-corrected chi connectivity index (χ4v) is 3.66. The van der Waals surface area contributed by atoms with Crippen LogP contribution in [-0.2, 0) is 20.6 Å². The number of nitrogens with one attached hydrogen (secondary N) is 2. The lowest BCUT2D eigenvalue weighted by Gasteiger charge is -2.25. The van der Waals surface area contributed by atoms with Crippen molar-refractivity contribution in [2.75, 3.05) is 6.54 Å². The standard InChI is InChI=1S/C22H23ClF3N5O5/c1-10-4-13(23)2-3-15(10)19(35)16(8-18(33)34)31-17(32)9-29-20(36)11-5-12(22(24,25)26)7-14(6-11)30-21(27)28/h2-7,10,15-16H,8-9H2,1H3,(H,29,36)(H,31,32)(H,33,34)(H4,27,28,30). The number of carboxylic acids is 1. The molecule has 10 nitrogen and oxygen atoms in total. The van der Waals surface area contributed by atoms with Gasteiger partial charge in [0, 0.05) is 16.5 Å². The molecular weight excluding hydrogens is 507 g/mol. The van der Waals surface area contributed by atoms with Gasteiger partial charge in [-0.15, -0.1) is 0 Å². The lowest BCUT2D eigenvalue weighted by molar-refractivity contribution is -0.141. The van der Waals surface area contributed by atoms with E-state index >= 15 is 0 Å². The molecule has 14 heteroatoms. The second kappa shape index (κ2) is 11.7. The van der Waals surface area contributed by atoms with Crippen molar-refractivity contribution in [2.24, 2.45) is 28.3 Å². The average Bonchev–Trinajstić information content (AvgIpc) is 2.75. The number of alkyl halides is 3. The highest BCUT2D eigenvalue weighted by Crippen LogP contribution is 2.33. The number of hydrogen-bond donors (Lipinski definition) is 5. The number of hydrogen-bond acceptors (Lipinski definition) is 5. The van der Waals surface area contributed by atoms with E-state index in [-0.39, 0.29) is 11.6 Å². The highest BCUT2D eigenvalue weighted by atomic mass is 35.5. The molecule has 0 saturated heterocycles. The van der Waals surface area contributed by atoms with Crippen LogP contribution in [0.2, 0.25) is 0 Å². The predicted molar refractivity (Wildman–Crippen MR) is 124 cm³/mol. The summed E-state index contributed by atoms with van der Waals surface area (Å²) in [5, 5.41) is 13.9. The number of guanidine groups is 1. The Kier molecular flexibility index (Phi) is 9.23. The van der Waals surface area contributed by atoms with Crippen molar-refractivity contribution in [2.45, 2.75) is 25.6 Å². The fourth-order valence-electron chi connectivity index (χ4n) is 3.39. The molecule has 194 valence electrons. The third kappa shape index (κ3) is 8.12. The number of carbonyl (C=O) groups is 4. The Bertz CT molecular complexity index is 1150. The number of aliphatic imine (C=N–C) groups is 1. The number of nitrogens with two attached hydrogens (primary N) is 2. The Labute approximate surface area is 208 Å². The summed E-state index contributed by atoms with van der Waals surface area (Å²) in [6.07, 6.45) is -0.941. The van der Waals surface area contributed by atoms with Crippen molar-refractivity contribution < 1.29 is 37.5 Å². The number of carboxylic acid groups (broad SMARTS) is 1. The van der Waals surface area contributed by atoms with Crippen LogP contribution in [0.15, 0.2) is 46.5 Å². The predicted octanol–water partition coefficient (Wildman–Crippen LogP) is 1.81. The summed E-state index contributed by atoms with van der Waals surface area (Å²) in [4.78, 5) is 52.4. The van der Waals surface area contributed by atoms with Gasteiger partial charge in [0.2, 0.25) is 5.91 Å². The van der Waals surface area contributed by atoms with Gasteiger partial charge in [0.15, 0.2) is 11.7 Å². The van der Waals surface area contributed by atoms with Crippen LogP contribution >= 0.6 is 11.6 Å². The Balaban J connectivity index is 2.13. The van der Waals surface area contributed by atoms with Crippen molar-refractivity contribution in [3.63, 3.8) is 0 Å². The second-order valence-electron chi connectivity index (χ2n) is 7.90. The number of benzene rings is 1. The Morgan fingerprint density at radius 3 is 2.42 bits per heavy atom. The maximum Gasteiger partial charge on any atom is 0.416 e. The maximum absolute atomic E-state index is 13.2. The molecule has 0 aromatic heterocycles. The summed E-state index contributed by atoms with van der Waals surface area (Å²) in [7, 11) is 0. The van der Waals surface area contributed by atoms with Crippen LogP contribution in [0.1, 0.15) is 29.3 Å². The number of carbonyl (C=O) groups excluding carboxylic acids is 3. The van der Waals surface area contributed by atoms with Crippen molar-refractivity contribution in [3.05, 3.63) is 52.6 Å². The van der Waals surface area contributed by atoms with Gasteiger partial charge in [-0.2, -0.15) is 13.2 Å². The molecule has 1 aliphatic rings. The Morgan fingerprint density at radius 2 is 1.86 bits per heavy atom.